The molecule has 3 aromatic rings. The van der Waals surface area contributed by atoms with E-state index < -0.39 is 35.2 Å². The SMILES string of the molecule is Cc1ccsc1C1/C(=C(/O)c2ccc3c(c2)OCO3)C(=O)C(=O)N1c1cccc(C(F)(F)F)c1. The third kappa shape index (κ3) is 3.50. The summed E-state index contributed by atoms with van der Waals surface area (Å²) in [6.45, 7) is 1.77. The van der Waals surface area contributed by atoms with Crippen LogP contribution in [-0.4, -0.2) is 23.6 Å². The van der Waals surface area contributed by atoms with Gasteiger partial charge in [-0.05, 0) is 60.3 Å². The van der Waals surface area contributed by atoms with E-state index in [0.717, 1.165) is 22.6 Å². The Labute approximate surface area is 195 Å². The van der Waals surface area contributed by atoms with Crippen molar-refractivity contribution in [3.8, 4) is 11.5 Å². The van der Waals surface area contributed by atoms with Gasteiger partial charge in [0.05, 0.1) is 11.1 Å². The van der Waals surface area contributed by atoms with E-state index in [0.29, 0.717) is 16.4 Å². The van der Waals surface area contributed by atoms with Crippen LogP contribution in [0.25, 0.3) is 5.76 Å². The number of benzene rings is 2. The minimum Gasteiger partial charge on any atom is -0.507 e. The van der Waals surface area contributed by atoms with Crippen molar-refractivity contribution in [2.75, 3.05) is 11.7 Å². The fraction of sp³-hybridized carbons (Fsp3) is 0.167. The van der Waals surface area contributed by atoms with Crippen LogP contribution in [0.2, 0.25) is 0 Å². The Bertz CT molecular complexity index is 1360. The predicted octanol–water partition coefficient (Wildman–Crippen LogP) is 5.43. The first-order chi connectivity index (χ1) is 16.2. The lowest BCUT2D eigenvalue weighted by atomic mass is 9.98. The molecule has 2 aliphatic rings. The van der Waals surface area contributed by atoms with Crippen LogP contribution in [0.4, 0.5) is 18.9 Å². The highest BCUT2D eigenvalue weighted by Crippen LogP contribution is 2.46. The number of anilines is 1. The average molecular weight is 487 g/mol. The molecule has 1 unspecified atom stereocenters. The monoisotopic (exact) mass is 487 g/mol. The molecule has 5 rings (SSSR count). The number of ketones is 1. The average Bonchev–Trinajstić information content (AvgIpc) is 3.50. The third-order valence-corrected chi connectivity index (χ3v) is 6.76. The molecule has 6 nitrogen and oxygen atoms in total. The molecule has 174 valence electrons. The van der Waals surface area contributed by atoms with Crippen molar-refractivity contribution in [1.29, 1.82) is 0 Å². The van der Waals surface area contributed by atoms with Crippen molar-refractivity contribution >= 4 is 34.5 Å². The molecule has 0 spiro atoms. The second-order valence-corrected chi connectivity index (χ2v) is 8.70. The van der Waals surface area contributed by atoms with E-state index in [-0.39, 0.29) is 23.6 Å². The molecule has 1 fully saturated rings. The van der Waals surface area contributed by atoms with E-state index in [1.165, 1.54) is 35.6 Å². The lowest BCUT2D eigenvalue weighted by Crippen LogP contribution is -2.29. The zero-order valence-electron chi connectivity index (χ0n) is 17.6. The summed E-state index contributed by atoms with van der Waals surface area (Å²) in [5.74, 6) is -1.65. The van der Waals surface area contributed by atoms with E-state index in [2.05, 4.69) is 0 Å². The topological polar surface area (TPSA) is 76.1 Å². The number of aryl methyl sites for hydroxylation is 1. The predicted molar refractivity (Wildman–Crippen MR) is 118 cm³/mol. The first-order valence-corrected chi connectivity index (χ1v) is 11.0. The van der Waals surface area contributed by atoms with Crippen molar-refractivity contribution in [2.45, 2.75) is 19.1 Å². The fourth-order valence-electron chi connectivity index (χ4n) is 4.04. The molecule has 0 aliphatic carbocycles. The number of ether oxygens (including phenoxy) is 2. The number of carbonyl (C=O) groups excluding carboxylic acids is 2. The maximum absolute atomic E-state index is 13.4. The van der Waals surface area contributed by atoms with Gasteiger partial charge in [-0.2, -0.15) is 13.2 Å². The molecular formula is C24H16F3NO5S. The van der Waals surface area contributed by atoms with Gasteiger partial charge < -0.3 is 14.6 Å². The quantitative estimate of drug-likeness (QED) is 0.303. The van der Waals surface area contributed by atoms with Crippen LogP contribution in [-0.2, 0) is 15.8 Å². The number of amides is 1. The first-order valence-electron chi connectivity index (χ1n) is 10.1. The van der Waals surface area contributed by atoms with Gasteiger partial charge in [0.25, 0.3) is 11.7 Å². The third-order valence-electron chi connectivity index (χ3n) is 5.69. The number of alkyl halides is 3. The number of carbonyl (C=O) groups is 2. The number of hydrogen-bond acceptors (Lipinski definition) is 6. The number of rotatable bonds is 3. The number of fused-ring (bicyclic) bond motifs is 1. The van der Waals surface area contributed by atoms with Crippen LogP contribution in [0.5, 0.6) is 11.5 Å². The molecule has 3 heterocycles. The van der Waals surface area contributed by atoms with Gasteiger partial charge in [0.15, 0.2) is 11.5 Å². The molecule has 34 heavy (non-hydrogen) atoms. The summed E-state index contributed by atoms with van der Waals surface area (Å²) in [6, 6.07) is 9.43. The Morgan fingerprint density at radius 1 is 1.09 bits per heavy atom. The van der Waals surface area contributed by atoms with Crippen LogP contribution in [0.1, 0.15) is 27.6 Å². The highest BCUT2D eigenvalue weighted by atomic mass is 32.1. The molecule has 0 saturated carbocycles. The molecule has 2 aliphatic heterocycles. The van der Waals surface area contributed by atoms with Gasteiger partial charge in [-0.25, -0.2) is 0 Å². The number of hydrogen-bond donors (Lipinski definition) is 1. The maximum atomic E-state index is 13.4. The second-order valence-electron chi connectivity index (χ2n) is 7.75. The molecule has 1 N–H and O–H groups in total. The molecule has 1 aromatic heterocycles. The van der Waals surface area contributed by atoms with Crippen LogP contribution < -0.4 is 14.4 Å². The molecule has 1 saturated heterocycles. The van der Waals surface area contributed by atoms with Crippen LogP contribution >= 0.6 is 11.3 Å². The number of halogens is 3. The number of aliphatic hydroxyl groups is 1. The van der Waals surface area contributed by atoms with Crippen LogP contribution in [0.3, 0.4) is 0 Å². The Kier molecular flexibility index (Phi) is 5.12. The molecular weight excluding hydrogens is 471 g/mol. The molecule has 0 radical (unpaired) electrons. The lowest BCUT2D eigenvalue weighted by molar-refractivity contribution is -0.137. The first kappa shape index (κ1) is 22.0. The minimum atomic E-state index is -4.63. The summed E-state index contributed by atoms with van der Waals surface area (Å²) in [5.41, 5.74) is -0.327. The fourth-order valence-corrected chi connectivity index (χ4v) is 5.07. The molecule has 1 atom stereocenters. The highest BCUT2D eigenvalue weighted by molar-refractivity contribution is 7.10. The maximum Gasteiger partial charge on any atom is 0.416 e. The number of thiophene rings is 1. The normalized spacial score (nSPS) is 19.2. The van der Waals surface area contributed by atoms with E-state index in [1.54, 1.807) is 24.4 Å². The molecule has 0 bridgehead atoms. The smallest absolute Gasteiger partial charge is 0.416 e. The lowest BCUT2D eigenvalue weighted by Gasteiger charge is -2.25. The zero-order valence-corrected chi connectivity index (χ0v) is 18.4. The molecule has 2 aromatic carbocycles. The van der Waals surface area contributed by atoms with E-state index in [1.807, 2.05) is 0 Å². The molecule has 1 amide bonds. The standard InChI is InChI=1S/C24H16F3NO5S/c1-12-7-8-34-22(12)19-18(20(29)13-5-6-16-17(9-13)33-11-32-16)21(30)23(31)28(19)15-4-2-3-14(10-15)24(25,26)27/h2-10,19,29H,11H2,1H3/b20-18-. The zero-order chi connectivity index (χ0) is 24.2. The van der Waals surface area contributed by atoms with Crippen LogP contribution in [0.15, 0.2) is 59.5 Å². The summed E-state index contributed by atoms with van der Waals surface area (Å²) in [7, 11) is 0. The van der Waals surface area contributed by atoms with Gasteiger partial charge >= 0.3 is 6.18 Å². The van der Waals surface area contributed by atoms with E-state index in [9.17, 15) is 27.9 Å². The van der Waals surface area contributed by atoms with Gasteiger partial charge in [-0.3, -0.25) is 14.5 Å². The second kappa shape index (κ2) is 7.91. The van der Waals surface area contributed by atoms with Crippen LogP contribution in [0, 0.1) is 6.92 Å². The summed E-state index contributed by atoms with van der Waals surface area (Å²) in [5, 5.41) is 12.9. The van der Waals surface area contributed by atoms with Crippen molar-refractivity contribution in [3.05, 3.63) is 81.1 Å². The largest absolute Gasteiger partial charge is 0.507 e. The Morgan fingerprint density at radius 2 is 1.85 bits per heavy atom. The van der Waals surface area contributed by atoms with Crippen molar-refractivity contribution in [3.63, 3.8) is 0 Å². The Hall–Kier alpha value is -3.79. The van der Waals surface area contributed by atoms with Gasteiger partial charge in [0, 0.05) is 16.1 Å². The van der Waals surface area contributed by atoms with Gasteiger partial charge in [0.1, 0.15) is 11.8 Å². The van der Waals surface area contributed by atoms with E-state index in [4.69, 9.17) is 9.47 Å². The Balaban J connectivity index is 1.70. The van der Waals surface area contributed by atoms with Gasteiger partial charge in [-0.15, -0.1) is 11.3 Å². The summed E-state index contributed by atoms with van der Waals surface area (Å²) in [4.78, 5) is 27.8. The summed E-state index contributed by atoms with van der Waals surface area (Å²) < 4.78 is 50.7. The summed E-state index contributed by atoms with van der Waals surface area (Å²) >= 11 is 1.24. The summed E-state index contributed by atoms with van der Waals surface area (Å²) in [6.07, 6.45) is -4.63. The number of nitrogens with zero attached hydrogens (tertiary/aromatic N) is 1. The number of Topliss-reactive ketones (excluding diaryl/α,β-unsaturated/α-hetero) is 1. The van der Waals surface area contributed by atoms with Gasteiger partial charge in [0.2, 0.25) is 6.79 Å². The van der Waals surface area contributed by atoms with Crippen molar-refractivity contribution < 1.29 is 37.3 Å². The Morgan fingerprint density at radius 3 is 2.56 bits per heavy atom. The molecule has 10 heteroatoms. The van der Waals surface area contributed by atoms with E-state index >= 15 is 0 Å². The highest BCUT2D eigenvalue weighted by Gasteiger charge is 2.48. The van der Waals surface area contributed by atoms with Crippen molar-refractivity contribution in [2.24, 2.45) is 0 Å². The number of aliphatic hydroxyl groups excluding tert-OH is 1. The van der Waals surface area contributed by atoms with Crippen molar-refractivity contribution in [1.82, 2.24) is 0 Å². The van der Waals surface area contributed by atoms with Gasteiger partial charge in [-0.1, -0.05) is 6.07 Å². The minimum absolute atomic E-state index is 0.00781.